The number of carboxylic acids is 1. The van der Waals surface area contributed by atoms with Crippen molar-refractivity contribution in [1.29, 1.82) is 0 Å². The molecule has 0 saturated carbocycles. The maximum atomic E-state index is 11.1. The predicted octanol–water partition coefficient (Wildman–Crippen LogP) is 1.19. The number of rotatable bonds is 2. The monoisotopic (exact) mass is 171 g/mol. The highest BCUT2D eigenvalue weighted by Crippen LogP contribution is 2.34. The molecule has 0 aliphatic carbocycles. The van der Waals surface area contributed by atoms with Crippen LogP contribution in [0.4, 0.5) is 0 Å². The summed E-state index contributed by atoms with van der Waals surface area (Å²) < 4.78 is 0. The molecule has 0 amide bonds. The van der Waals surface area contributed by atoms with Gasteiger partial charge >= 0.3 is 5.97 Å². The third-order valence-corrected chi connectivity index (χ3v) is 3.26. The van der Waals surface area contributed by atoms with Gasteiger partial charge in [0, 0.05) is 0 Å². The Hall–Kier alpha value is -0.570. The van der Waals surface area contributed by atoms with Crippen LogP contribution in [-0.4, -0.2) is 34.6 Å². The van der Waals surface area contributed by atoms with Crippen LogP contribution < -0.4 is 0 Å². The van der Waals surface area contributed by atoms with Crippen LogP contribution in [0.5, 0.6) is 0 Å². The van der Waals surface area contributed by atoms with E-state index >= 15 is 0 Å². The zero-order valence-electron chi connectivity index (χ0n) is 8.00. The third-order valence-electron chi connectivity index (χ3n) is 3.26. The molecule has 1 heterocycles. The number of aliphatic carboxylic acids is 1. The normalized spacial score (nSPS) is 37.1. The average molecular weight is 171 g/mol. The van der Waals surface area contributed by atoms with Crippen molar-refractivity contribution in [3.63, 3.8) is 0 Å². The van der Waals surface area contributed by atoms with Gasteiger partial charge < -0.3 is 5.11 Å². The van der Waals surface area contributed by atoms with Gasteiger partial charge in [0.1, 0.15) is 5.54 Å². The van der Waals surface area contributed by atoms with Gasteiger partial charge in [0.15, 0.2) is 0 Å². The number of likely N-dealkylation sites (N-methyl/N-ethyl adjacent to an activating group) is 1. The topological polar surface area (TPSA) is 40.5 Å². The molecule has 3 heteroatoms. The maximum absolute atomic E-state index is 11.1. The molecule has 70 valence electrons. The Morgan fingerprint density at radius 3 is 2.67 bits per heavy atom. The van der Waals surface area contributed by atoms with Crippen LogP contribution in [-0.2, 0) is 4.79 Å². The lowest BCUT2D eigenvalue weighted by atomic mass is 9.88. The van der Waals surface area contributed by atoms with Gasteiger partial charge in [0.25, 0.3) is 0 Å². The summed E-state index contributed by atoms with van der Waals surface area (Å²) in [5.74, 6) is -0.427. The van der Waals surface area contributed by atoms with Gasteiger partial charge in [0.05, 0.1) is 0 Å². The Balaban J connectivity index is 2.88. The number of hydrogen-bond donors (Lipinski definition) is 1. The molecule has 2 atom stereocenters. The first-order chi connectivity index (χ1) is 5.53. The zero-order valence-corrected chi connectivity index (χ0v) is 8.00. The maximum Gasteiger partial charge on any atom is 0.324 e. The standard InChI is InChI=1S/C9H17NO2/c1-4-10-6-5-7(2)9(10,3)8(11)12/h7H,4-6H2,1-3H3,(H,11,12)/t7-,9+/m0/s1. The summed E-state index contributed by atoms with van der Waals surface area (Å²) in [6, 6.07) is 0. The second-order valence-electron chi connectivity index (χ2n) is 3.72. The molecule has 12 heavy (non-hydrogen) atoms. The summed E-state index contributed by atoms with van der Waals surface area (Å²) in [7, 11) is 0. The molecule has 1 N–H and O–H groups in total. The summed E-state index contributed by atoms with van der Waals surface area (Å²) in [6.07, 6.45) is 0.997. The van der Waals surface area contributed by atoms with E-state index in [1.807, 2.05) is 25.7 Å². The van der Waals surface area contributed by atoms with E-state index in [1.165, 1.54) is 0 Å². The van der Waals surface area contributed by atoms with Crippen LogP contribution in [0.1, 0.15) is 27.2 Å². The van der Waals surface area contributed by atoms with Crippen molar-refractivity contribution in [2.45, 2.75) is 32.7 Å². The molecular weight excluding hydrogens is 154 g/mol. The Labute approximate surface area is 73.4 Å². The van der Waals surface area contributed by atoms with Crippen molar-refractivity contribution >= 4 is 5.97 Å². The van der Waals surface area contributed by atoms with Gasteiger partial charge in [-0.3, -0.25) is 9.69 Å². The molecule has 1 rings (SSSR count). The number of carboxylic acid groups (broad SMARTS) is 1. The van der Waals surface area contributed by atoms with Crippen LogP contribution in [0, 0.1) is 5.92 Å². The highest BCUT2D eigenvalue weighted by Gasteiger charge is 2.47. The average Bonchev–Trinajstić information content (AvgIpc) is 2.30. The first-order valence-corrected chi connectivity index (χ1v) is 4.52. The second kappa shape index (κ2) is 3.05. The van der Waals surface area contributed by atoms with Gasteiger partial charge in [-0.25, -0.2) is 0 Å². The van der Waals surface area contributed by atoms with Crippen LogP contribution in [0.15, 0.2) is 0 Å². The molecule has 1 aliphatic rings. The van der Waals surface area contributed by atoms with E-state index in [9.17, 15) is 4.79 Å². The summed E-state index contributed by atoms with van der Waals surface area (Å²) in [5.41, 5.74) is -0.630. The summed E-state index contributed by atoms with van der Waals surface area (Å²) in [6.45, 7) is 7.60. The van der Waals surface area contributed by atoms with Crippen LogP contribution in [0.25, 0.3) is 0 Å². The SMILES string of the molecule is CCN1CC[C@H](C)[C@]1(C)C(=O)O. The van der Waals surface area contributed by atoms with Crippen molar-refractivity contribution < 1.29 is 9.90 Å². The first-order valence-electron chi connectivity index (χ1n) is 4.52. The number of hydrogen-bond acceptors (Lipinski definition) is 2. The quantitative estimate of drug-likeness (QED) is 0.678. The second-order valence-corrected chi connectivity index (χ2v) is 3.72. The van der Waals surface area contributed by atoms with Crippen LogP contribution in [0.3, 0.4) is 0 Å². The molecule has 1 fully saturated rings. The smallest absolute Gasteiger partial charge is 0.324 e. The number of nitrogens with zero attached hydrogens (tertiary/aromatic N) is 1. The van der Waals surface area contributed by atoms with E-state index in [0.717, 1.165) is 19.5 Å². The Bertz CT molecular complexity index is 193. The van der Waals surface area contributed by atoms with E-state index in [-0.39, 0.29) is 5.92 Å². The third kappa shape index (κ3) is 1.12. The van der Waals surface area contributed by atoms with Crippen molar-refractivity contribution in [2.75, 3.05) is 13.1 Å². The van der Waals surface area contributed by atoms with Gasteiger partial charge in [0.2, 0.25) is 0 Å². The summed E-state index contributed by atoms with van der Waals surface area (Å²) >= 11 is 0. The van der Waals surface area contributed by atoms with E-state index in [4.69, 9.17) is 5.11 Å². The molecule has 1 saturated heterocycles. The highest BCUT2D eigenvalue weighted by molar-refractivity contribution is 5.79. The Morgan fingerprint density at radius 1 is 1.75 bits per heavy atom. The molecule has 1 aliphatic heterocycles. The van der Waals surface area contributed by atoms with Crippen LogP contribution >= 0.6 is 0 Å². The summed E-state index contributed by atoms with van der Waals surface area (Å²) in [5, 5.41) is 9.10. The van der Waals surface area contributed by atoms with Crippen LogP contribution in [0.2, 0.25) is 0 Å². The molecule has 0 radical (unpaired) electrons. The van der Waals surface area contributed by atoms with E-state index in [0.29, 0.717) is 0 Å². The molecule has 0 bridgehead atoms. The first kappa shape index (κ1) is 9.52. The minimum Gasteiger partial charge on any atom is -0.480 e. The predicted molar refractivity (Wildman–Crippen MR) is 47.1 cm³/mol. The molecule has 0 aromatic heterocycles. The highest BCUT2D eigenvalue weighted by atomic mass is 16.4. The summed E-state index contributed by atoms with van der Waals surface area (Å²) in [4.78, 5) is 13.1. The fourth-order valence-electron chi connectivity index (χ4n) is 2.01. The number of likely N-dealkylation sites (tertiary alicyclic amines) is 1. The molecule has 0 unspecified atom stereocenters. The van der Waals surface area contributed by atoms with E-state index < -0.39 is 11.5 Å². The molecule has 0 aromatic rings. The van der Waals surface area contributed by atoms with Gasteiger partial charge in [-0.15, -0.1) is 0 Å². The fourth-order valence-corrected chi connectivity index (χ4v) is 2.01. The van der Waals surface area contributed by atoms with Crippen molar-refractivity contribution in [1.82, 2.24) is 4.90 Å². The van der Waals surface area contributed by atoms with Gasteiger partial charge in [-0.2, -0.15) is 0 Å². The van der Waals surface area contributed by atoms with Crippen molar-refractivity contribution in [2.24, 2.45) is 5.92 Å². The van der Waals surface area contributed by atoms with E-state index in [2.05, 4.69) is 0 Å². The minimum atomic E-state index is -0.686. The minimum absolute atomic E-state index is 0.259. The van der Waals surface area contributed by atoms with Gasteiger partial charge in [-0.1, -0.05) is 13.8 Å². The lowest BCUT2D eigenvalue weighted by Gasteiger charge is -2.33. The Kier molecular flexibility index (Phi) is 2.42. The lowest BCUT2D eigenvalue weighted by Crippen LogP contribution is -2.51. The van der Waals surface area contributed by atoms with Crippen molar-refractivity contribution in [3.8, 4) is 0 Å². The molecule has 0 spiro atoms. The fraction of sp³-hybridized carbons (Fsp3) is 0.889. The molecule has 3 nitrogen and oxygen atoms in total. The number of carbonyl (C=O) groups is 1. The molecule has 0 aromatic carbocycles. The largest absolute Gasteiger partial charge is 0.480 e. The van der Waals surface area contributed by atoms with Crippen molar-refractivity contribution in [3.05, 3.63) is 0 Å². The van der Waals surface area contributed by atoms with E-state index in [1.54, 1.807) is 0 Å². The molecular formula is C9H17NO2. The lowest BCUT2D eigenvalue weighted by molar-refractivity contribution is -0.150. The van der Waals surface area contributed by atoms with Gasteiger partial charge in [-0.05, 0) is 32.4 Å². The Morgan fingerprint density at radius 2 is 2.33 bits per heavy atom. The zero-order chi connectivity index (χ0) is 9.35.